The maximum atomic E-state index is 13.0. The SMILES string of the molecule is CC(C)C[C@@H]1NC(=O)[C@H]2CN(C(=O)c3ccc(F)cc3)CCN2C1=O. The summed E-state index contributed by atoms with van der Waals surface area (Å²) in [6.45, 7) is 4.86. The van der Waals surface area contributed by atoms with Crippen LogP contribution in [0.15, 0.2) is 24.3 Å². The Morgan fingerprint density at radius 3 is 2.56 bits per heavy atom. The van der Waals surface area contributed by atoms with E-state index >= 15 is 0 Å². The van der Waals surface area contributed by atoms with Crippen molar-refractivity contribution in [2.24, 2.45) is 5.92 Å². The molecule has 3 rings (SSSR count). The predicted molar refractivity (Wildman–Crippen MR) is 89.2 cm³/mol. The van der Waals surface area contributed by atoms with Gasteiger partial charge in [0.25, 0.3) is 5.91 Å². The molecule has 2 aliphatic rings. The molecule has 0 aromatic heterocycles. The smallest absolute Gasteiger partial charge is 0.254 e. The summed E-state index contributed by atoms with van der Waals surface area (Å²) in [5.74, 6) is -0.666. The van der Waals surface area contributed by atoms with E-state index in [1.165, 1.54) is 24.3 Å². The van der Waals surface area contributed by atoms with Crippen molar-refractivity contribution in [2.75, 3.05) is 19.6 Å². The van der Waals surface area contributed by atoms with Crippen LogP contribution < -0.4 is 5.32 Å². The summed E-state index contributed by atoms with van der Waals surface area (Å²) >= 11 is 0. The quantitative estimate of drug-likeness (QED) is 0.888. The van der Waals surface area contributed by atoms with Crippen molar-refractivity contribution < 1.29 is 18.8 Å². The lowest BCUT2D eigenvalue weighted by molar-refractivity contribution is -0.152. The topological polar surface area (TPSA) is 69.7 Å². The van der Waals surface area contributed by atoms with E-state index in [0.717, 1.165) is 0 Å². The zero-order valence-corrected chi connectivity index (χ0v) is 14.4. The minimum atomic E-state index is -0.658. The van der Waals surface area contributed by atoms with E-state index in [1.54, 1.807) is 9.80 Å². The zero-order chi connectivity index (χ0) is 18.1. The molecule has 2 aliphatic heterocycles. The van der Waals surface area contributed by atoms with Crippen LogP contribution >= 0.6 is 0 Å². The summed E-state index contributed by atoms with van der Waals surface area (Å²) in [5, 5.41) is 2.79. The number of amides is 3. The summed E-state index contributed by atoms with van der Waals surface area (Å²) in [5.41, 5.74) is 0.370. The van der Waals surface area contributed by atoms with Crippen molar-refractivity contribution in [3.63, 3.8) is 0 Å². The molecule has 6 nitrogen and oxygen atoms in total. The van der Waals surface area contributed by atoms with Crippen molar-refractivity contribution in [2.45, 2.75) is 32.4 Å². The number of hydrogen-bond donors (Lipinski definition) is 1. The maximum absolute atomic E-state index is 13.0. The van der Waals surface area contributed by atoms with Gasteiger partial charge in [0.15, 0.2) is 0 Å². The second-order valence-corrected chi connectivity index (χ2v) is 7.00. The molecule has 0 spiro atoms. The molecule has 0 unspecified atom stereocenters. The molecule has 0 aliphatic carbocycles. The summed E-state index contributed by atoms with van der Waals surface area (Å²) in [6.07, 6.45) is 0.603. The van der Waals surface area contributed by atoms with Gasteiger partial charge in [-0.1, -0.05) is 13.8 Å². The Labute approximate surface area is 146 Å². The lowest BCUT2D eigenvalue weighted by Crippen LogP contribution is -2.69. The average Bonchev–Trinajstić information content (AvgIpc) is 2.58. The van der Waals surface area contributed by atoms with Crippen LogP contribution in [0.5, 0.6) is 0 Å². The lowest BCUT2D eigenvalue weighted by Gasteiger charge is -2.45. The fourth-order valence-corrected chi connectivity index (χ4v) is 3.39. The van der Waals surface area contributed by atoms with E-state index in [-0.39, 0.29) is 24.3 Å². The molecule has 2 saturated heterocycles. The van der Waals surface area contributed by atoms with Crippen LogP contribution in [0.25, 0.3) is 0 Å². The number of nitrogens with one attached hydrogen (secondary N) is 1. The van der Waals surface area contributed by atoms with Crippen LogP contribution in [0.2, 0.25) is 0 Å². The number of rotatable bonds is 3. The van der Waals surface area contributed by atoms with E-state index in [4.69, 9.17) is 0 Å². The lowest BCUT2D eigenvalue weighted by atomic mass is 9.97. The normalized spacial score (nSPS) is 23.5. The first-order valence-corrected chi connectivity index (χ1v) is 8.52. The van der Waals surface area contributed by atoms with Crippen LogP contribution in [0.4, 0.5) is 4.39 Å². The minimum absolute atomic E-state index is 0.0767. The molecule has 25 heavy (non-hydrogen) atoms. The molecule has 2 heterocycles. The van der Waals surface area contributed by atoms with Crippen LogP contribution in [-0.2, 0) is 9.59 Å². The van der Waals surface area contributed by atoms with Gasteiger partial charge < -0.3 is 15.1 Å². The second-order valence-electron chi connectivity index (χ2n) is 7.00. The van der Waals surface area contributed by atoms with Gasteiger partial charge in [-0.05, 0) is 36.6 Å². The standard InChI is InChI=1S/C18H22FN3O3/c1-11(2)9-14-18(25)22-8-7-21(10-15(22)16(23)20-14)17(24)12-3-5-13(19)6-4-12/h3-6,11,14-15H,7-10H2,1-2H3,(H,20,23)/t14-,15+/m0/s1. The number of hydrogen-bond acceptors (Lipinski definition) is 3. The van der Waals surface area contributed by atoms with Gasteiger partial charge in [-0.15, -0.1) is 0 Å². The zero-order valence-electron chi connectivity index (χ0n) is 14.4. The fraction of sp³-hybridized carbons (Fsp3) is 0.500. The molecule has 7 heteroatoms. The molecule has 0 saturated carbocycles. The molecule has 134 valence electrons. The fourth-order valence-electron chi connectivity index (χ4n) is 3.39. The Hall–Kier alpha value is -2.44. The third-order valence-electron chi connectivity index (χ3n) is 4.67. The summed E-state index contributed by atoms with van der Waals surface area (Å²) in [4.78, 5) is 40.7. The number of nitrogens with zero attached hydrogens (tertiary/aromatic N) is 2. The molecule has 1 aromatic rings. The first kappa shape index (κ1) is 17.4. The van der Waals surface area contributed by atoms with Crippen molar-refractivity contribution in [1.82, 2.24) is 15.1 Å². The van der Waals surface area contributed by atoms with Crippen LogP contribution in [-0.4, -0.2) is 59.2 Å². The molecule has 1 aromatic carbocycles. The highest BCUT2D eigenvalue weighted by atomic mass is 19.1. The van der Waals surface area contributed by atoms with Gasteiger partial charge in [0.1, 0.15) is 17.9 Å². The van der Waals surface area contributed by atoms with E-state index in [1.807, 2.05) is 13.8 Å². The molecule has 0 bridgehead atoms. The third kappa shape index (κ3) is 3.50. The van der Waals surface area contributed by atoms with Crippen molar-refractivity contribution in [3.8, 4) is 0 Å². The van der Waals surface area contributed by atoms with E-state index in [2.05, 4.69) is 5.32 Å². The number of carbonyl (C=O) groups excluding carboxylic acids is 3. The van der Waals surface area contributed by atoms with Gasteiger partial charge in [-0.3, -0.25) is 14.4 Å². The van der Waals surface area contributed by atoms with Gasteiger partial charge in [0.05, 0.1) is 6.54 Å². The van der Waals surface area contributed by atoms with E-state index in [0.29, 0.717) is 31.0 Å². The van der Waals surface area contributed by atoms with Gasteiger partial charge in [-0.25, -0.2) is 4.39 Å². The molecular formula is C18H22FN3O3. The summed E-state index contributed by atoms with van der Waals surface area (Å²) < 4.78 is 13.0. The van der Waals surface area contributed by atoms with Gasteiger partial charge in [-0.2, -0.15) is 0 Å². The molecule has 0 radical (unpaired) electrons. The highest BCUT2D eigenvalue weighted by Gasteiger charge is 2.44. The highest BCUT2D eigenvalue weighted by molar-refractivity contribution is 5.99. The molecular weight excluding hydrogens is 325 g/mol. The van der Waals surface area contributed by atoms with Crippen LogP contribution in [0.1, 0.15) is 30.6 Å². The van der Waals surface area contributed by atoms with E-state index in [9.17, 15) is 18.8 Å². The molecule has 2 atom stereocenters. The molecule has 3 amide bonds. The first-order chi connectivity index (χ1) is 11.9. The first-order valence-electron chi connectivity index (χ1n) is 8.52. The summed E-state index contributed by atoms with van der Waals surface area (Å²) in [6, 6.07) is 4.18. The molecule has 1 N–H and O–H groups in total. The van der Waals surface area contributed by atoms with Crippen molar-refractivity contribution >= 4 is 17.7 Å². The van der Waals surface area contributed by atoms with Gasteiger partial charge in [0, 0.05) is 18.7 Å². The van der Waals surface area contributed by atoms with Gasteiger partial charge in [0.2, 0.25) is 11.8 Å². The third-order valence-corrected chi connectivity index (χ3v) is 4.67. The predicted octanol–water partition coefficient (Wildman–Crippen LogP) is 1.02. The number of carbonyl (C=O) groups is 3. The Bertz CT molecular complexity index is 689. The number of piperazine rings is 2. The van der Waals surface area contributed by atoms with Crippen LogP contribution in [0, 0.1) is 11.7 Å². The Balaban J connectivity index is 1.71. The Morgan fingerprint density at radius 1 is 1.24 bits per heavy atom. The van der Waals surface area contributed by atoms with Gasteiger partial charge >= 0.3 is 0 Å². The highest BCUT2D eigenvalue weighted by Crippen LogP contribution is 2.20. The second kappa shape index (κ2) is 6.82. The average molecular weight is 347 g/mol. The van der Waals surface area contributed by atoms with Crippen LogP contribution in [0.3, 0.4) is 0 Å². The number of benzene rings is 1. The van der Waals surface area contributed by atoms with Crippen molar-refractivity contribution in [1.29, 1.82) is 0 Å². The molecule has 2 fully saturated rings. The Morgan fingerprint density at radius 2 is 1.92 bits per heavy atom. The maximum Gasteiger partial charge on any atom is 0.254 e. The van der Waals surface area contributed by atoms with Crippen molar-refractivity contribution in [3.05, 3.63) is 35.6 Å². The number of fused-ring (bicyclic) bond motifs is 1. The largest absolute Gasteiger partial charge is 0.342 e. The monoisotopic (exact) mass is 347 g/mol. The number of halogens is 1. The Kier molecular flexibility index (Phi) is 4.74. The van der Waals surface area contributed by atoms with E-state index < -0.39 is 17.9 Å². The summed E-state index contributed by atoms with van der Waals surface area (Å²) in [7, 11) is 0. The minimum Gasteiger partial charge on any atom is -0.342 e.